The molecule has 0 aliphatic heterocycles. The Labute approximate surface area is 152 Å². The van der Waals surface area contributed by atoms with Gasteiger partial charge in [0.15, 0.2) is 5.82 Å². The van der Waals surface area contributed by atoms with Crippen molar-refractivity contribution in [1.29, 1.82) is 0 Å². The van der Waals surface area contributed by atoms with Crippen LogP contribution >= 0.6 is 0 Å². The molecule has 3 heteroatoms. The summed E-state index contributed by atoms with van der Waals surface area (Å²) >= 11 is 0. The van der Waals surface area contributed by atoms with Crippen molar-refractivity contribution in [2.24, 2.45) is 0 Å². The molecule has 0 N–H and O–H groups in total. The molecule has 0 saturated carbocycles. The Morgan fingerprint density at radius 1 is 0.846 bits per heavy atom. The van der Waals surface area contributed by atoms with Crippen molar-refractivity contribution in [2.45, 2.75) is 25.2 Å². The minimum absolute atomic E-state index is 0.537. The number of aryl methyl sites for hydroxylation is 1. The summed E-state index contributed by atoms with van der Waals surface area (Å²) in [7, 11) is 0. The van der Waals surface area contributed by atoms with E-state index in [-0.39, 0.29) is 0 Å². The minimum Gasteiger partial charge on any atom is -0.265 e. The molecular weight excluding hydrogens is 318 g/mol. The summed E-state index contributed by atoms with van der Waals surface area (Å²) in [6.45, 7) is 0. The molecule has 0 saturated heterocycles. The lowest BCUT2D eigenvalue weighted by atomic mass is 9.94. The lowest BCUT2D eigenvalue weighted by molar-refractivity contribution is 0.666. The van der Waals surface area contributed by atoms with Gasteiger partial charge in [-0.05, 0) is 54.5 Å². The predicted octanol–water partition coefficient (Wildman–Crippen LogP) is 4.96. The lowest BCUT2D eigenvalue weighted by Crippen LogP contribution is -2.04. The molecule has 0 radical (unpaired) electrons. The molecule has 1 aliphatic rings. The van der Waals surface area contributed by atoms with E-state index in [0.29, 0.717) is 5.92 Å². The molecule has 0 unspecified atom stereocenters. The summed E-state index contributed by atoms with van der Waals surface area (Å²) in [6, 6.07) is 21.1. The molecule has 2 aromatic carbocycles. The molecule has 26 heavy (non-hydrogen) atoms. The van der Waals surface area contributed by atoms with E-state index in [2.05, 4.69) is 47.4 Å². The first-order valence-corrected chi connectivity index (χ1v) is 9.12. The fourth-order valence-electron chi connectivity index (χ4n) is 4.02. The van der Waals surface area contributed by atoms with Gasteiger partial charge in [0.1, 0.15) is 0 Å². The molecular formula is C23H19N3. The van der Waals surface area contributed by atoms with Crippen LogP contribution in [0.1, 0.15) is 29.2 Å². The van der Waals surface area contributed by atoms with Gasteiger partial charge in [0.05, 0.1) is 11.2 Å². The van der Waals surface area contributed by atoms with Crippen molar-refractivity contribution >= 4 is 10.9 Å². The van der Waals surface area contributed by atoms with Gasteiger partial charge in [0.2, 0.25) is 0 Å². The van der Waals surface area contributed by atoms with Gasteiger partial charge in [-0.25, -0.2) is 9.97 Å². The Morgan fingerprint density at radius 2 is 1.65 bits per heavy atom. The van der Waals surface area contributed by atoms with E-state index in [0.717, 1.165) is 34.4 Å². The van der Waals surface area contributed by atoms with Crippen LogP contribution in [0.5, 0.6) is 0 Å². The third-order valence-electron chi connectivity index (χ3n) is 5.32. The first kappa shape index (κ1) is 15.2. The van der Waals surface area contributed by atoms with Crippen molar-refractivity contribution in [3.05, 3.63) is 89.9 Å². The van der Waals surface area contributed by atoms with Gasteiger partial charge in [-0.2, -0.15) is 0 Å². The quantitative estimate of drug-likeness (QED) is 0.530. The maximum atomic E-state index is 4.97. The Morgan fingerprint density at radius 3 is 2.58 bits per heavy atom. The van der Waals surface area contributed by atoms with Crippen LogP contribution < -0.4 is 0 Å². The van der Waals surface area contributed by atoms with Gasteiger partial charge in [0.25, 0.3) is 0 Å². The Kier molecular flexibility index (Phi) is 3.71. The van der Waals surface area contributed by atoms with Crippen LogP contribution in [0.2, 0.25) is 0 Å². The SMILES string of the molecule is c1ccc2c(c1)CC[C@H]2Cc1nc(-c2ccncc2)nc2ccccc12. The van der Waals surface area contributed by atoms with Gasteiger partial charge < -0.3 is 0 Å². The van der Waals surface area contributed by atoms with Crippen molar-refractivity contribution in [3.8, 4) is 11.4 Å². The number of fused-ring (bicyclic) bond motifs is 2. The summed E-state index contributed by atoms with van der Waals surface area (Å²) in [4.78, 5) is 13.9. The predicted molar refractivity (Wildman–Crippen MR) is 104 cm³/mol. The monoisotopic (exact) mass is 337 g/mol. The second-order valence-electron chi connectivity index (χ2n) is 6.89. The van der Waals surface area contributed by atoms with Crippen molar-refractivity contribution in [3.63, 3.8) is 0 Å². The van der Waals surface area contributed by atoms with Gasteiger partial charge in [-0.3, -0.25) is 4.98 Å². The van der Waals surface area contributed by atoms with Gasteiger partial charge >= 0.3 is 0 Å². The third-order valence-corrected chi connectivity index (χ3v) is 5.32. The van der Waals surface area contributed by atoms with Crippen molar-refractivity contribution < 1.29 is 0 Å². The molecule has 0 spiro atoms. The van der Waals surface area contributed by atoms with Crippen LogP contribution in [0.3, 0.4) is 0 Å². The van der Waals surface area contributed by atoms with Crippen LogP contribution in [0.25, 0.3) is 22.3 Å². The van der Waals surface area contributed by atoms with Crippen LogP contribution in [0, 0.1) is 0 Å². The highest BCUT2D eigenvalue weighted by molar-refractivity contribution is 5.82. The minimum atomic E-state index is 0.537. The summed E-state index contributed by atoms with van der Waals surface area (Å²) < 4.78 is 0. The fraction of sp³-hybridized carbons (Fsp3) is 0.174. The van der Waals surface area contributed by atoms with E-state index >= 15 is 0 Å². The molecule has 1 aliphatic carbocycles. The summed E-state index contributed by atoms with van der Waals surface area (Å²) in [5.74, 6) is 1.32. The van der Waals surface area contributed by atoms with Crippen LogP contribution in [-0.2, 0) is 12.8 Å². The molecule has 0 amide bonds. The summed E-state index contributed by atoms with van der Waals surface area (Å²) in [6.07, 6.45) is 6.91. The van der Waals surface area contributed by atoms with E-state index in [1.807, 2.05) is 18.2 Å². The molecule has 5 rings (SSSR count). The van der Waals surface area contributed by atoms with E-state index < -0.39 is 0 Å². The smallest absolute Gasteiger partial charge is 0.160 e. The number of pyridine rings is 1. The molecule has 0 fully saturated rings. The van der Waals surface area contributed by atoms with Gasteiger partial charge in [-0.1, -0.05) is 42.5 Å². The average molecular weight is 337 g/mol. The number of rotatable bonds is 3. The third kappa shape index (κ3) is 2.66. The highest BCUT2D eigenvalue weighted by atomic mass is 14.9. The Balaban J connectivity index is 1.61. The zero-order valence-electron chi connectivity index (χ0n) is 14.5. The molecule has 3 nitrogen and oxygen atoms in total. The second-order valence-corrected chi connectivity index (χ2v) is 6.89. The van der Waals surface area contributed by atoms with Crippen LogP contribution in [-0.4, -0.2) is 15.0 Å². The van der Waals surface area contributed by atoms with E-state index in [9.17, 15) is 0 Å². The van der Waals surface area contributed by atoms with Crippen molar-refractivity contribution in [2.75, 3.05) is 0 Å². The maximum absolute atomic E-state index is 4.97. The molecule has 126 valence electrons. The summed E-state index contributed by atoms with van der Waals surface area (Å²) in [5, 5.41) is 1.16. The van der Waals surface area contributed by atoms with Crippen LogP contribution in [0.15, 0.2) is 73.1 Å². The molecule has 0 bridgehead atoms. The lowest BCUT2D eigenvalue weighted by Gasteiger charge is -2.14. The van der Waals surface area contributed by atoms with E-state index in [1.165, 1.54) is 24.0 Å². The normalized spacial score (nSPS) is 15.9. The highest BCUT2D eigenvalue weighted by Crippen LogP contribution is 2.36. The number of benzene rings is 2. The first-order chi connectivity index (χ1) is 12.9. The number of nitrogens with zero attached hydrogens (tertiary/aromatic N) is 3. The van der Waals surface area contributed by atoms with Gasteiger partial charge in [0, 0.05) is 23.3 Å². The fourth-order valence-corrected chi connectivity index (χ4v) is 4.02. The molecule has 1 atom stereocenters. The zero-order valence-corrected chi connectivity index (χ0v) is 14.5. The zero-order chi connectivity index (χ0) is 17.3. The molecule has 2 heterocycles. The summed E-state index contributed by atoms with van der Waals surface area (Å²) in [5.41, 5.74) is 6.14. The number of aromatic nitrogens is 3. The topological polar surface area (TPSA) is 38.7 Å². The first-order valence-electron chi connectivity index (χ1n) is 9.12. The standard InChI is InChI=1S/C23H19N3/c1-2-6-19-16(5-1)9-10-18(19)15-22-20-7-3-4-8-21(20)25-23(26-22)17-11-13-24-14-12-17/h1-8,11-14,18H,9-10,15H2/t18-/m0/s1. The Bertz CT molecular complexity index is 1070. The van der Waals surface area contributed by atoms with Crippen LogP contribution in [0.4, 0.5) is 0 Å². The largest absolute Gasteiger partial charge is 0.265 e. The number of hydrogen-bond donors (Lipinski definition) is 0. The number of hydrogen-bond acceptors (Lipinski definition) is 3. The molecule has 2 aromatic heterocycles. The molecule has 4 aromatic rings. The average Bonchev–Trinajstić information content (AvgIpc) is 3.11. The van der Waals surface area contributed by atoms with Crippen molar-refractivity contribution in [1.82, 2.24) is 15.0 Å². The van der Waals surface area contributed by atoms with E-state index in [4.69, 9.17) is 9.97 Å². The Hall–Kier alpha value is -3.07. The van der Waals surface area contributed by atoms with E-state index in [1.54, 1.807) is 12.4 Å². The maximum Gasteiger partial charge on any atom is 0.160 e. The number of para-hydroxylation sites is 1. The highest BCUT2D eigenvalue weighted by Gasteiger charge is 2.23. The van der Waals surface area contributed by atoms with Gasteiger partial charge in [-0.15, -0.1) is 0 Å². The second kappa shape index (κ2) is 6.34.